The fraction of sp³-hybridized carbons (Fsp3) is 0.733. The van der Waals surface area contributed by atoms with Crippen LogP contribution in [0.2, 0.25) is 0 Å². The van der Waals surface area contributed by atoms with Crippen LogP contribution in [0.4, 0.5) is 11.6 Å². The Hall–Kier alpha value is -1.36. The number of methoxy groups -OCH3 is 1. The number of nitrogens with two attached hydrogens (primary N) is 1. The molecule has 0 amide bonds. The Labute approximate surface area is 121 Å². The van der Waals surface area contributed by atoms with Gasteiger partial charge >= 0.3 is 0 Å². The summed E-state index contributed by atoms with van der Waals surface area (Å²) in [4.78, 5) is 11.4. The van der Waals surface area contributed by atoms with Crippen LogP contribution < -0.4 is 10.6 Å². The van der Waals surface area contributed by atoms with Crippen molar-refractivity contribution in [3.8, 4) is 0 Å². The summed E-state index contributed by atoms with van der Waals surface area (Å²) in [7, 11) is 1.76. The highest BCUT2D eigenvalue weighted by Gasteiger charge is 2.24. The van der Waals surface area contributed by atoms with Crippen molar-refractivity contribution in [2.75, 3.05) is 37.4 Å². The number of ether oxygens (including phenoxy) is 1. The van der Waals surface area contributed by atoms with E-state index in [1.807, 2.05) is 6.07 Å². The van der Waals surface area contributed by atoms with E-state index in [-0.39, 0.29) is 5.41 Å². The zero-order valence-electron chi connectivity index (χ0n) is 13.0. The minimum Gasteiger partial charge on any atom is -0.384 e. The Morgan fingerprint density at radius 2 is 2.15 bits per heavy atom. The molecule has 0 spiro atoms. The highest BCUT2D eigenvalue weighted by atomic mass is 16.5. The molecule has 5 heteroatoms. The van der Waals surface area contributed by atoms with Gasteiger partial charge < -0.3 is 15.4 Å². The lowest BCUT2D eigenvalue weighted by Crippen LogP contribution is -2.38. The third-order valence-corrected chi connectivity index (χ3v) is 3.65. The van der Waals surface area contributed by atoms with Crippen LogP contribution in [0.5, 0.6) is 0 Å². The number of nitrogen functional groups attached to an aromatic ring is 1. The van der Waals surface area contributed by atoms with Gasteiger partial charge in [0.15, 0.2) is 0 Å². The molecule has 1 unspecified atom stereocenters. The SMILES string of the molecule is COCC1CCCN(c2cc(N)nc(C(C)(C)C)n2)C1. The molecule has 112 valence electrons. The predicted octanol–water partition coefficient (Wildman–Crippen LogP) is 2.22. The van der Waals surface area contributed by atoms with Crippen LogP contribution in [-0.4, -0.2) is 36.8 Å². The summed E-state index contributed by atoms with van der Waals surface area (Å²) >= 11 is 0. The maximum absolute atomic E-state index is 5.95. The first-order chi connectivity index (χ1) is 9.40. The minimum atomic E-state index is -0.0914. The Kier molecular flexibility index (Phi) is 4.48. The first kappa shape index (κ1) is 15.0. The average Bonchev–Trinajstić information content (AvgIpc) is 2.38. The smallest absolute Gasteiger partial charge is 0.138 e. The number of piperidine rings is 1. The molecule has 0 aliphatic carbocycles. The second-order valence-electron chi connectivity index (χ2n) is 6.63. The van der Waals surface area contributed by atoms with Crippen LogP contribution in [0.25, 0.3) is 0 Å². The zero-order valence-corrected chi connectivity index (χ0v) is 13.0. The summed E-state index contributed by atoms with van der Waals surface area (Å²) in [6.45, 7) is 9.14. The lowest BCUT2D eigenvalue weighted by Gasteiger charge is -2.34. The van der Waals surface area contributed by atoms with Crippen LogP contribution in [-0.2, 0) is 10.2 Å². The van der Waals surface area contributed by atoms with Gasteiger partial charge in [0, 0.05) is 31.7 Å². The van der Waals surface area contributed by atoms with Crippen molar-refractivity contribution in [2.45, 2.75) is 39.0 Å². The maximum atomic E-state index is 5.95. The second kappa shape index (κ2) is 5.95. The van der Waals surface area contributed by atoms with E-state index in [1.54, 1.807) is 7.11 Å². The summed E-state index contributed by atoms with van der Waals surface area (Å²) in [6.07, 6.45) is 2.39. The van der Waals surface area contributed by atoms with E-state index in [0.717, 1.165) is 31.3 Å². The van der Waals surface area contributed by atoms with Gasteiger partial charge in [-0.25, -0.2) is 9.97 Å². The van der Waals surface area contributed by atoms with E-state index in [1.165, 1.54) is 12.8 Å². The number of rotatable bonds is 3. The molecule has 0 bridgehead atoms. The first-order valence-corrected chi connectivity index (χ1v) is 7.29. The summed E-state index contributed by atoms with van der Waals surface area (Å²) in [5, 5.41) is 0. The Bertz CT molecular complexity index is 454. The molecule has 1 atom stereocenters. The van der Waals surface area contributed by atoms with Crippen LogP contribution in [0.15, 0.2) is 6.07 Å². The molecule has 1 aliphatic heterocycles. The van der Waals surface area contributed by atoms with Crippen molar-refractivity contribution in [1.82, 2.24) is 9.97 Å². The van der Waals surface area contributed by atoms with Crippen molar-refractivity contribution < 1.29 is 4.74 Å². The zero-order chi connectivity index (χ0) is 14.8. The number of hydrogen-bond donors (Lipinski definition) is 1. The van der Waals surface area contributed by atoms with Gasteiger partial charge in [-0.05, 0) is 18.8 Å². The third-order valence-electron chi connectivity index (χ3n) is 3.65. The molecule has 0 aromatic carbocycles. The molecule has 2 rings (SSSR count). The third kappa shape index (κ3) is 3.60. The van der Waals surface area contributed by atoms with Crippen molar-refractivity contribution in [1.29, 1.82) is 0 Å². The molecular weight excluding hydrogens is 252 g/mol. The Balaban J connectivity index is 2.21. The fourth-order valence-electron chi connectivity index (χ4n) is 2.59. The van der Waals surface area contributed by atoms with Gasteiger partial charge in [0.25, 0.3) is 0 Å². The molecule has 0 saturated carbocycles. The van der Waals surface area contributed by atoms with Crippen molar-refractivity contribution in [2.24, 2.45) is 5.92 Å². The lowest BCUT2D eigenvalue weighted by atomic mass is 9.95. The van der Waals surface area contributed by atoms with E-state index >= 15 is 0 Å². The van der Waals surface area contributed by atoms with E-state index < -0.39 is 0 Å². The molecule has 2 N–H and O–H groups in total. The normalized spacial score (nSPS) is 20.2. The standard InChI is InChI=1S/C15H26N4O/c1-15(2,3)14-17-12(16)8-13(18-14)19-7-5-6-11(9-19)10-20-4/h8,11H,5-7,9-10H2,1-4H3,(H2,16,17,18). The molecule has 1 aliphatic rings. The van der Waals surface area contributed by atoms with Gasteiger partial charge in [-0.2, -0.15) is 0 Å². The molecule has 1 fully saturated rings. The molecule has 20 heavy (non-hydrogen) atoms. The summed E-state index contributed by atoms with van der Waals surface area (Å²) < 4.78 is 5.28. The highest BCUT2D eigenvalue weighted by Crippen LogP contribution is 2.26. The van der Waals surface area contributed by atoms with Crippen LogP contribution >= 0.6 is 0 Å². The maximum Gasteiger partial charge on any atom is 0.138 e. The van der Waals surface area contributed by atoms with Gasteiger partial charge in [0.1, 0.15) is 17.5 Å². The van der Waals surface area contributed by atoms with Gasteiger partial charge in [0.2, 0.25) is 0 Å². The quantitative estimate of drug-likeness (QED) is 0.918. The molecular formula is C15H26N4O. The summed E-state index contributed by atoms with van der Waals surface area (Å²) in [5.41, 5.74) is 5.86. The topological polar surface area (TPSA) is 64.3 Å². The summed E-state index contributed by atoms with van der Waals surface area (Å²) in [6, 6.07) is 1.88. The number of nitrogens with zero attached hydrogens (tertiary/aromatic N) is 3. The number of aromatic nitrogens is 2. The highest BCUT2D eigenvalue weighted by molar-refractivity contribution is 5.48. The molecule has 1 saturated heterocycles. The van der Waals surface area contributed by atoms with Gasteiger partial charge in [0.05, 0.1) is 6.61 Å². The predicted molar refractivity (Wildman–Crippen MR) is 82.0 cm³/mol. The van der Waals surface area contributed by atoms with E-state index in [4.69, 9.17) is 15.5 Å². The van der Waals surface area contributed by atoms with Crippen LogP contribution in [0.3, 0.4) is 0 Å². The second-order valence-corrected chi connectivity index (χ2v) is 6.63. The van der Waals surface area contributed by atoms with Gasteiger partial charge in [-0.3, -0.25) is 0 Å². The van der Waals surface area contributed by atoms with Crippen molar-refractivity contribution in [3.63, 3.8) is 0 Å². The van der Waals surface area contributed by atoms with Crippen LogP contribution in [0.1, 0.15) is 39.4 Å². The number of anilines is 2. The van der Waals surface area contributed by atoms with Crippen LogP contribution in [0, 0.1) is 5.92 Å². The largest absolute Gasteiger partial charge is 0.384 e. The van der Waals surface area contributed by atoms with E-state index in [9.17, 15) is 0 Å². The van der Waals surface area contributed by atoms with Gasteiger partial charge in [-0.1, -0.05) is 20.8 Å². The number of hydrogen-bond acceptors (Lipinski definition) is 5. The average molecular weight is 278 g/mol. The minimum absolute atomic E-state index is 0.0914. The first-order valence-electron chi connectivity index (χ1n) is 7.29. The lowest BCUT2D eigenvalue weighted by molar-refractivity contribution is 0.143. The van der Waals surface area contributed by atoms with Crippen molar-refractivity contribution >= 4 is 11.6 Å². The van der Waals surface area contributed by atoms with E-state index in [0.29, 0.717) is 11.7 Å². The Morgan fingerprint density at radius 3 is 2.80 bits per heavy atom. The monoisotopic (exact) mass is 278 g/mol. The fourth-order valence-corrected chi connectivity index (χ4v) is 2.59. The van der Waals surface area contributed by atoms with Crippen molar-refractivity contribution in [3.05, 3.63) is 11.9 Å². The molecule has 5 nitrogen and oxygen atoms in total. The molecule has 1 aromatic rings. The molecule has 2 heterocycles. The summed E-state index contributed by atoms with van der Waals surface area (Å²) in [5.74, 6) is 2.88. The van der Waals surface area contributed by atoms with E-state index in [2.05, 4.69) is 30.7 Å². The van der Waals surface area contributed by atoms with Gasteiger partial charge in [-0.15, -0.1) is 0 Å². The molecule has 0 radical (unpaired) electrons. The Morgan fingerprint density at radius 1 is 1.40 bits per heavy atom. The molecule has 1 aromatic heterocycles.